The molecule has 4 aromatic heterocycles. The van der Waals surface area contributed by atoms with E-state index < -0.39 is 0 Å². The molecular formula is C21H23N7O. The van der Waals surface area contributed by atoms with Crippen LogP contribution in [0.1, 0.15) is 34.4 Å². The van der Waals surface area contributed by atoms with E-state index in [0.717, 1.165) is 40.5 Å². The number of hydrogen-bond donors (Lipinski definition) is 1. The Morgan fingerprint density at radius 1 is 1.14 bits per heavy atom. The van der Waals surface area contributed by atoms with Crippen LogP contribution in [0.4, 0.5) is 0 Å². The molecule has 4 aromatic rings. The van der Waals surface area contributed by atoms with E-state index in [1.165, 1.54) is 0 Å². The summed E-state index contributed by atoms with van der Waals surface area (Å²) in [5.41, 5.74) is 5.84. The van der Waals surface area contributed by atoms with Crippen LogP contribution in [0.25, 0.3) is 16.9 Å². The number of aromatic nitrogens is 6. The van der Waals surface area contributed by atoms with E-state index in [9.17, 15) is 4.79 Å². The molecule has 0 saturated heterocycles. The Kier molecular flexibility index (Phi) is 5.07. The number of nitrogens with one attached hydrogen (secondary N) is 1. The summed E-state index contributed by atoms with van der Waals surface area (Å²) in [6.45, 7) is 7.04. The van der Waals surface area contributed by atoms with Crippen molar-refractivity contribution in [3.05, 3.63) is 65.5 Å². The lowest BCUT2D eigenvalue weighted by atomic mass is 10.2. The smallest absolute Gasteiger partial charge is 0.255 e. The summed E-state index contributed by atoms with van der Waals surface area (Å²) < 4.78 is 3.60. The molecule has 29 heavy (non-hydrogen) atoms. The molecule has 0 unspecified atom stereocenters. The van der Waals surface area contributed by atoms with E-state index in [4.69, 9.17) is 0 Å². The molecule has 4 rings (SSSR count). The first-order chi connectivity index (χ1) is 14.1. The van der Waals surface area contributed by atoms with E-state index in [1.807, 2.05) is 55.9 Å². The molecule has 0 aromatic carbocycles. The highest BCUT2D eigenvalue weighted by molar-refractivity contribution is 5.96. The molecule has 0 aliphatic heterocycles. The van der Waals surface area contributed by atoms with Gasteiger partial charge in [0.2, 0.25) is 0 Å². The number of fused-ring (bicyclic) bond motifs is 1. The zero-order valence-corrected chi connectivity index (χ0v) is 16.8. The Balaban J connectivity index is 1.44. The van der Waals surface area contributed by atoms with Gasteiger partial charge in [0.25, 0.3) is 5.91 Å². The van der Waals surface area contributed by atoms with E-state index >= 15 is 0 Å². The average molecular weight is 389 g/mol. The summed E-state index contributed by atoms with van der Waals surface area (Å²) in [5, 5.41) is 11.9. The predicted molar refractivity (Wildman–Crippen MR) is 110 cm³/mol. The van der Waals surface area contributed by atoms with Gasteiger partial charge in [-0.15, -0.1) is 0 Å². The Morgan fingerprint density at radius 3 is 2.66 bits per heavy atom. The van der Waals surface area contributed by atoms with Crippen molar-refractivity contribution in [3.63, 3.8) is 0 Å². The summed E-state index contributed by atoms with van der Waals surface area (Å²) in [6, 6.07) is 7.73. The largest absolute Gasteiger partial charge is 0.352 e. The molecule has 0 bridgehead atoms. The van der Waals surface area contributed by atoms with Gasteiger partial charge in [0.05, 0.1) is 22.6 Å². The minimum atomic E-state index is -0.0958. The first-order valence-electron chi connectivity index (χ1n) is 9.64. The van der Waals surface area contributed by atoms with Gasteiger partial charge in [-0.1, -0.05) is 0 Å². The van der Waals surface area contributed by atoms with Crippen LogP contribution in [-0.4, -0.2) is 41.8 Å². The van der Waals surface area contributed by atoms with Gasteiger partial charge in [-0.05, 0) is 39.0 Å². The fraction of sp³-hybridized carbons (Fsp3) is 0.286. The maximum Gasteiger partial charge on any atom is 0.255 e. The molecule has 148 valence electrons. The van der Waals surface area contributed by atoms with Gasteiger partial charge >= 0.3 is 0 Å². The van der Waals surface area contributed by atoms with Gasteiger partial charge in [0, 0.05) is 55.4 Å². The fourth-order valence-electron chi connectivity index (χ4n) is 3.46. The maximum atomic E-state index is 12.6. The van der Waals surface area contributed by atoms with Crippen molar-refractivity contribution in [1.82, 2.24) is 34.7 Å². The normalized spacial score (nSPS) is 11.1. The highest BCUT2D eigenvalue weighted by Crippen LogP contribution is 2.17. The highest BCUT2D eigenvalue weighted by atomic mass is 16.1. The average Bonchev–Trinajstić information content (AvgIpc) is 3.27. The third kappa shape index (κ3) is 3.73. The van der Waals surface area contributed by atoms with Crippen molar-refractivity contribution >= 4 is 11.6 Å². The third-order valence-electron chi connectivity index (χ3n) is 4.93. The zero-order chi connectivity index (χ0) is 20.4. The lowest BCUT2D eigenvalue weighted by molar-refractivity contribution is 0.0952. The van der Waals surface area contributed by atoms with E-state index in [2.05, 4.69) is 25.5 Å². The van der Waals surface area contributed by atoms with Crippen LogP contribution in [0.15, 0.2) is 42.9 Å². The summed E-state index contributed by atoms with van der Waals surface area (Å²) in [5.74, 6) is -0.0958. The first kappa shape index (κ1) is 18.8. The zero-order valence-electron chi connectivity index (χ0n) is 16.8. The highest BCUT2D eigenvalue weighted by Gasteiger charge is 2.17. The lowest BCUT2D eigenvalue weighted by Gasteiger charge is -2.05. The van der Waals surface area contributed by atoms with Gasteiger partial charge in [0.1, 0.15) is 0 Å². The number of aryl methyl sites for hydroxylation is 2. The molecule has 1 amide bonds. The Labute approximate surface area is 168 Å². The summed E-state index contributed by atoms with van der Waals surface area (Å²) in [6.07, 6.45) is 6.02. The standard InChI is InChI=1S/C21H23N7O/c1-4-27-15(3)20(14(2)25-27)21(29)23-11-7-17-13-19-24-18(8-12-28(19)26-17)16-5-9-22-10-6-16/h5-6,8-10,12-13H,4,7,11H2,1-3H3,(H,23,29). The summed E-state index contributed by atoms with van der Waals surface area (Å²) in [7, 11) is 0. The molecule has 0 aliphatic carbocycles. The lowest BCUT2D eigenvalue weighted by Crippen LogP contribution is -2.26. The minimum Gasteiger partial charge on any atom is -0.352 e. The van der Waals surface area contributed by atoms with Gasteiger partial charge < -0.3 is 5.32 Å². The maximum absolute atomic E-state index is 12.6. The molecule has 4 heterocycles. The van der Waals surface area contributed by atoms with Crippen LogP contribution in [0.5, 0.6) is 0 Å². The molecule has 0 atom stereocenters. The molecule has 0 radical (unpaired) electrons. The van der Waals surface area contributed by atoms with Crippen LogP contribution < -0.4 is 5.32 Å². The van der Waals surface area contributed by atoms with Gasteiger partial charge in [-0.3, -0.25) is 14.5 Å². The number of nitrogens with zero attached hydrogens (tertiary/aromatic N) is 6. The number of amides is 1. The predicted octanol–water partition coefficient (Wildman–Crippen LogP) is 2.60. The molecule has 0 spiro atoms. The van der Waals surface area contributed by atoms with Crippen LogP contribution in [0.3, 0.4) is 0 Å². The molecular weight excluding hydrogens is 366 g/mol. The molecule has 0 saturated carbocycles. The number of carbonyl (C=O) groups is 1. The van der Waals surface area contributed by atoms with Crippen LogP contribution in [-0.2, 0) is 13.0 Å². The van der Waals surface area contributed by atoms with Crippen molar-refractivity contribution in [1.29, 1.82) is 0 Å². The molecule has 0 fully saturated rings. The Hall–Kier alpha value is -3.55. The van der Waals surface area contributed by atoms with Crippen molar-refractivity contribution in [2.24, 2.45) is 0 Å². The Morgan fingerprint density at radius 2 is 1.93 bits per heavy atom. The van der Waals surface area contributed by atoms with Gasteiger partial charge in [0.15, 0.2) is 5.65 Å². The third-order valence-corrected chi connectivity index (χ3v) is 4.93. The van der Waals surface area contributed by atoms with Crippen molar-refractivity contribution < 1.29 is 4.79 Å². The second-order valence-corrected chi connectivity index (χ2v) is 6.85. The molecule has 0 aliphatic rings. The number of carbonyl (C=O) groups excluding carboxylic acids is 1. The van der Waals surface area contributed by atoms with E-state index in [0.29, 0.717) is 18.5 Å². The van der Waals surface area contributed by atoms with Gasteiger partial charge in [-0.25, -0.2) is 9.50 Å². The van der Waals surface area contributed by atoms with Crippen LogP contribution >= 0.6 is 0 Å². The van der Waals surface area contributed by atoms with Gasteiger partial charge in [-0.2, -0.15) is 10.2 Å². The van der Waals surface area contributed by atoms with Crippen molar-refractivity contribution in [2.45, 2.75) is 33.7 Å². The number of pyridine rings is 1. The van der Waals surface area contributed by atoms with Crippen LogP contribution in [0.2, 0.25) is 0 Å². The summed E-state index contributed by atoms with van der Waals surface area (Å²) in [4.78, 5) is 21.3. The fourth-order valence-corrected chi connectivity index (χ4v) is 3.46. The van der Waals surface area contributed by atoms with Crippen molar-refractivity contribution in [3.8, 4) is 11.3 Å². The second-order valence-electron chi connectivity index (χ2n) is 6.85. The summed E-state index contributed by atoms with van der Waals surface area (Å²) >= 11 is 0. The van der Waals surface area contributed by atoms with Crippen LogP contribution in [0, 0.1) is 13.8 Å². The molecule has 8 nitrogen and oxygen atoms in total. The second kappa shape index (κ2) is 7.83. The Bertz CT molecular complexity index is 1160. The topological polar surface area (TPSA) is 90.0 Å². The number of hydrogen-bond acceptors (Lipinski definition) is 5. The quantitative estimate of drug-likeness (QED) is 0.547. The molecule has 1 N–H and O–H groups in total. The van der Waals surface area contributed by atoms with Crippen molar-refractivity contribution in [2.75, 3.05) is 6.54 Å². The first-order valence-corrected chi connectivity index (χ1v) is 9.64. The minimum absolute atomic E-state index is 0.0958. The number of rotatable bonds is 6. The van der Waals surface area contributed by atoms with E-state index in [-0.39, 0.29) is 5.91 Å². The molecule has 8 heteroatoms. The SMILES string of the molecule is CCn1nc(C)c(C(=O)NCCc2cc3nc(-c4ccncc4)ccn3n2)c1C. The van der Waals surface area contributed by atoms with E-state index in [1.54, 1.807) is 16.9 Å². The monoisotopic (exact) mass is 389 g/mol.